The molecular weight excluding hydrogens is 258 g/mol. The molecule has 0 radical (unpaired) electrons. The molecule has 20 heavy (non-hydrogen) atoms. The van der Waals surface area contributed by atoms with Gasteiger partial charge in [-0.3, -0.25) is 9.69 Å². The lowest BCUT2D eigenvalue weighted by Gasteiger charge is -2.25. The monoisotopic (exact) mass is 281 g/mol. The van der Waals surface area contributed by atoms with Gasteiger partial charge in [-0.1, -0.05) is 0 Å². The Bertz CT molecular complexity index is 403. The highest BCUT2D eigenvalue weighted by molar-refractivity contribution is 5.66. The molecule has 0 aromatic heterocycles. The molecule has 0 bridgehead atoms. The molecule has 0 fully saturated rings. The first kappa shape index (κ1) is 16.3. The minimum atomic E-state index is -0.772. The van der Waals surface area contributed by atoms with Gasteiger partial charge in [0.15, 0.2) is 0 Å². The first-order valence-corrected chi connectivity index (χ1v) is 6.75. The molecule has 112 valence electrons. The van der Waals surface area contributed by atoms with Crippen molar-refractivity contribution in [1.29, 1.82) is 0 Å². The average molecular weight is 281 g/mol. The molecule has 0 aliphatic carbocycles. The van der Waals surface area contributed by atoms with Crippen molar-refractivity contribution < 1.29 is 19.4 Å². The number of ether oxygens (including phenoxy) is 2. The van der Waals surface area contributed by atoms with Gasteiger partial charge in [0.1, 0.15) is 18.1 Å². The molecule has 0 aliphatic heterocycles. The molecule has 0 saturated carbocycles. The Kier molecular flexibility index (Phi) is 6.87. The summed E-state index contributed by atoms with van der Waals surface area (Å²) in [6.45, 7) is 5.88. The topological polar surface area (TPSA) is 59.0 Å². The molecular formula is C15H23NO4. The molecule has 1 N–H and O–H groups in total. The van der Waals surface area contributed by atoms with Crippen molar-refractivity contribution in [2.45, 2.75) is 26.3 Å². The quantitative estimate of drug-likeness (QED) is 0.752. The average Bonchev–Trinajstić information content (AvgIpc) is 2.42. The van der Waals surface area contributed by atoms with Crippen molar-refractivity contribution in [3.63, 3.8) is 0 Å². The third kappa shape index (κ3) is 5.93. The van der Waals surface area contributed by atoms with Gasteiger partial charge in [-0.05, 0) is 38.1 Å². The molecule has 0 aliphatic rings. The highest BCUT2D eigenvalue weighted by atomic mass is 16.5. The molecule has 0 saturated heterocycles. The van der Waals surface area contributed by atoms with Crippen molar-refractivity contribution in [2.24, 2.45) is 0 Å². The van der Waals surface area contributed by atoms with Crippen molar-refractivity contribution in [2.75, 3.05) is 26.8 Å². The maximum absolute atomic E-state index is 10.6. The van der Waals surface area contributed by atoms with E-state index in [1.807, 2.05) is 24.3 Å². The number of carboxylic acids is 1. The van der Waals surface area contributed by atoms with E-state index in [0.717, 1.165) is 11.5 Å². The van der Waals surface area contributed by atoms with Crippen LogP contribution in [0.25, 0.3) is 0 Å². The van der Waals surface area contributed by atoms with Crippen LogP contribution in [0.15, 0.2) is 24.3 Å². The second-order valence-electron chi connectivity index (χ2n) is 4.80. The molecule has 0 heterocycles. The van der Waals surface area contributed by atoms with Crippen molar-refractivity contribution in [3.05, 3.63) is 24.3 Å². The fourth-order valence-electron chi connectivity index (χ4n) is 1.82. The number of benzene rings is 1. The lowest BCUT2D eigenvalue weighted by atomic mass is 10.3. The molecule has 5 heteroatoms. The predicted molar refractivity (Wildman–Crippen MR) is 77.5 cm³/mol. The van der Waals surface area contributed by atoms with Gasteiger partial charge in [-0.15, -0.1) is 0 Å². The summed E-state index contributed by atoms with van der Waals surface area (Å²) in [5.74, 6) is 0.807. The SMILES string of the molecule is COc1ccc(OCCN(CCC(=O)O)C(C)C)cc1. The van der Waals surface area contributed by atoms with Crippen LogP contribution in [0.5, 0.6) is 11.5 Å². The number of methoxy groups -OCH3 is 1. The van der Waals surface area contributed by atoms with Gasteiger partial charge < -0.3 is 14.6 Å². The summed E-state index contributed by atoms with van der Waals surface area (Å²) in [6.07, 6.45) is 0.153. The normalized spacial score (nSPS) is 10.8. The van der Waals surface area contributed by atoms with Crippen molar-refractivity contribution >= 4 is 5.97 Å². The van der Waals surface area contributed by atoms with Crippen LogP contribution in [0.2, 0.25) is 0 Å². The van der Waals surface area contributed by atoms with E-state index < -0.39 is 5.97 Å². The van der Waals surface area contributed by atoms with Gasteiger partial charge in [0.2, 0.25) is 0 Å². The third-order valence-corrected chi connectivity index (χ3v) is 3.05. The third-order valence-electron chi connectivity index (χ3n) is 3.05. The molecule has 0 atom stereocenters. The number of rotatable bonds is 9. The van der Waals surface area contributed by atoms with Crippen molar-refractivity contribution in [3.8, 4) is 11.5 Å². The van der Waals surface area contributed by atoms with E-state index in [1.54, 1.807) is 7.11 Å². The lowest BCUT2D eigenvalue weighted by molar-refractivity contribution is -0.137. The maximum atomic E-state index is 10.6. The zero-order chi connectivity index (χ0) is 15.0. The smallest absolute Gasteiger partial charge is 0.304 e. The van der Waals surface area contributed by atoms with Gasteiger partial charge in [-0.2, -0.15) is 0 Å². The summed E-state index contributed by atoms with van der Waals surface area (Å²) in [6, 6.07) is 7.71. The zero-order valence-electron chi connectivity index (χ0n) is 12.3. The largest absolute Gasteiger partial charge is 0.497 e. The molecule has 0 spiro atoms. The molecule has 0 unspecified atom stereocenters. The summed E-state index contributed by atoms with van der Waals surface area (Å²) in [4.78, 5) is 12.7. The van der Waals surface area contributed by atoms with Gasteiger partial charge in [0, 0.05) is 19.1 Å². The van der Waals surface area contributed by atoms with E-state index in [4.69, 9.17) is 14.6 Å². The van der Waals surface area contributed by atoms with Crippen LogP contribution >= 0.6 is 0 Å². The van der Waals surface area contributed by atoms with Gasteiger partial charge in [-0.25, -0.2) is 0 Å². The number of hydrogen-bond donors (Lipinski definition) is 1. The Labute approximate surface area is 120 Å². The Morgan fingerprint density at radius 3 is 2.30 bits per heavy atom. The van der Waals surface area contributed by atoms with E-state index in [1.165, 1.54) is 0 Å². The second kappa shape index (κ2) is 8.43. The second-order valence-corrected chi connectivity index (χ2v) is 4.80. The van der Waals surface area contributed by atoms with Crippen LogP contribution < -0.4 is 9.47 Å². The minimum Gasteiger partial charge on any atom is -0.497 e. The molecule has 1 aromatic rings. The van der Waals surface area contributed by atoms with Crippen LogP contribution in [0, 0.1) is 0 Å². The summed E-state index contributed by atoms with van der Waals surface area (Å²) < 4.78 is 10.7. The number of aliphatic carboxylic acids is 1. The molecule has 5 nitrogen and oxygen atoms in total. The summed E-state index contributed by atoms with van der Waals surface area (Å²) in [7, 11) is 1.62. The minimum absolute atomic E-state index is 0.153. The van der Waals surface area contributed by atoms with Crippen LogP contribution in [-0.4, -0.2) is 48.8 Å². The summed E-state index contributed by atoms with van der Waals surface area (Å²) >= 11 is 0. The predicted octanol–water partition coefficient (Wildman–Crippen LogP) is 2.26. The van der Waals surface area contributed by atoms with Gasteiger partial charge in [0.25, 0.3) is 0 Å². The number of carboxylic acid groups (broad SMARTS) is 1. The van der Waals surface area contributed by atoms with Crippen LogP contribution in [0.1, 0.15) is 20.3 Å². The number of carbonyl (C=O) groups is 1. The van der Waals surface area contributed by atoms with E-state index in [9.17, 15) is 4.79 Å². The van der Waals surface area contributed by atoms with Crippen LogP contribution in [0.3, 0.4) is 0 Å². The summed E-state index contributed by atoms with van der Waals surface area (Å²) in [5, 5.41) is 8.73. The van der Waals surface area contributed by atoms with E-state index in [0.29, 0.717) is 25.7 Å². The van der Waals surface area contributed by atoms with E-state index >= 15 is 0 Å². The molecule has 1 aromatic carbocycles. The molecule has 1 rings (SSSR count). The highest BCUT2D eigenvalue weighted by Crippen LogP contribution is 2.16. The highest BCUT2D eigenvalue weighted by Gasteiger charge is 2.11. The first-order chi connectivity index (χ1) is 9.52. The number of nitrogens with zero attached hydrogens (tertiary/aromatic N) is 1. The Balaban J connectivity index is 2.37. The lowest BCUT2D eigenvalue weighted by Crippen LogP contribution is -2.36. The summed E-state index contributed by atoms with van der Waals surface area (Å²) in [5.41, 5.74) is 0. The number of hydrogen-bond acceptors (Lipinski definition) is 4. The molecule has 0 amide bonds. The standard InChI is InChI=1S/C15H23NO4/c1-12(2)16(9-8-15(17)18)10-11-20-14-6-4-13(19-3)5-7-14/h4-7,12H,8-11H2,1-3H3,(H,17,18). The fraction of sp³-hybridized carbons (Fsp3) is 0.533. The Hall–Kier alpha value is -1.75. The van der Waals surface area contributed by atoms with Gasteiger partial charge >= 0.3 is 5.97 Å². The van der Waals surface area contributed by atoms with Gasteiger partial charge in [0.05, 0.1) is 13.5 Å². The fourth-order valence-corrected chi connectivity index (χ4v) is 1.82. The van der Waals surface area contributed by atoms with E-state index in [2.05, 4.69) is 18.7 Å². The Morgan fingerprint density at radius 1 is 1.20 bits per heavy atom. The first-order valence-electron chi connectivity index (χ1n) is 6.75. The Morgan fingerprint density at radius 2 is 1.80 bits per heavy atom. The van der Waals surface area contributed by atoms with Crippen LogP contribution in [0.4, 0.5) is 0 Å². The maximum Gasteiger partial charge on any atom is 0.304 e. The van der Waals surface area contributed by atoms with E-state index in [-0.39, 0.29) is 6.42 Å². The van der Waals surface area contributed by atoms with Crippen LogP contribution in [-0.2, 0) is 4.79 Å². The van der Waals surface area contributed by atoms with Crippen molar-refractivity contribution in [1.82, 2.24) is 4.90 Å². The zero-order valence-corrected chi connectivity index (χ0v) is 12.3.